The third kappa shape index (κ3) is 3.87. The Balaban J connectivity index is 1.71. The lowest BCUT2D eigenvalue weighted by atomic mass is 10.1. The van der Waals surface area contributed by atoms with Gasteiger partial charge in [-0.2, -0.15) is 13.2 Å². The number of aromatic nitrogens is 2. The minimum absolute atomic E-state index is 0.0490. The molecule has 1 heterocycles. The van der Waals surface area contributed by atoms with Crippen molar-refractivity contribution in [2.75, 3.05) is 6.54 Å². The van der Waals surface area contributed by atoms with Crippen LogP contribution in [0.5, 0.6) is 0 Å². The molecule has 0 radical (unpaired) electrons. The number of aromatic amines is 1. The average molecular weight is 379 g/mol. The van der Waals surface area contributed by atoms with Crippen molar-refractivity contribution in [3.05, 3.63) is 69.6 Å². The summed E-state index contributed by atoms with van der Waals surface area (Å²) in [6, 6.07) is 8.91. The zero-order valence-corrected chi connectivity index (χ0v) is 14.2. The van der Waals surface area contributed by atoms with Gasteiger partial charge in [0.2, 0.25) is 0 Å². The van der Waals surface area contributed by atoms with Crippen LogP contribution in [0, 0.1) is 0 Å². The first-order valence-electron chi connectivity index (χ1n) is 7.99. The van der Waals surface area contributed by atoms with Gasteiger partial charge in [-0.25, -0.2) is 4.79 Å². The van der Waals surface area contributed by atoms with Crippen molar-refractivity contribution in [1.29, 1.82) is 0 Å². The van der Waals surface area contributed by atoms with Crippen LogP contribution < -0.4 is 11.0 Å². The Labute approximate surface area is 151 Å². The second kappa shape index (κ2) is 6.92. The van der Waals surface area contributed by atoms with Crippen LogP contribution in [0.15, 0.2) is 47.3 Å². The zero-order chi connectivity index (χ0) is 19.8. The number of aliphatic hydroxyl groups excluding tert-OH is 1. The number of rotatable bonds is 4. The van der Waals surface area contributed by atoms with E-state index in [0.717, 1.165) is 12.1 Å². The van der Waals surface area contributed by atoms with Crippen LogP contribution in [0.4, 0.5) is 13.2 Å². The molecule has 0 saturated heterocycles. The van der Waals surface area contributed by atoms with Gasteiger partial charge in [-0.1, -0.05) is 12.1 Å². The number of benzene rings is 2. The number of aryl methyl sites for hydroxylation is 1. The highest BCUT2D eigenvalue weighted by Crippen LogP contribution is 2.30. The molecule has 9 heteroatoms. The van der Waals surface area contributed by atoms with Crippen LogP contribution in [0.3, 0.4) is 0 Å². The largest absolute Gasteiger partial charge is 0.416 e. The average Bonchev–Trinajstić information content (AvgIpc) is 2.92. The van der Waals surface area contributed by atoms with E-state index in [1.807, 2.05) is 0 Å². The standard InChI is InChI=1S/C18H16F3N3O3/c1-24-14-6-5-11(8-13(14)23-17(24)27)16(26)22-9-15(25)10-3-2-4-12(7-10)18(19,20)21/h2-8,15,25H,9H2,1H3,(H,22,26)(H,23,27). The summed E-state index contributed by atoms with van der Waals surface area (Å²) in [5.41, 5.74) is 0.217. The summed E-state index contributed by atoms with van der Waals surface area (Å²) < 4.78 is 39.6. The number of fused-ring (bicyclic) bond motifs is 1. The molecule has 142 valence electrons. The van der Waals surface area contributed by atoms with Gasteiger partial charge >= 0.3 is 11.9 Å². The number of carbonyl (C=O) groups is 1. The SMILES string of the molecule is Cn1c(=O)[nH]c2cc(C(=O)NCC(O)c3cccc(C(F)(F)F)c3)ccc21. The minimum atomic E-state index is -4.51. The summed E-state index contributed by atoms with van der Waals surface area (Å²) in [6.07, 6.45) is -5.81. The first-order valence-corrected chi connectivity index (χ1v) is 7.99. The van der Waals surface area contributed by atoms with Crippen molar-refractivity contribution < 1.29 is 23.1 Å². The smallest absolute Gasteiger partial charge is 0.387 e. The molecular formula is C18H16F3N3O3. The number of nitrogens with one attached hydrogen (secondary N) is 2. The van der Waals surface area contributed by atoms with Gasteiger partial charge in [-0.05, 0) is 35.9 Å². The summed E-state index contributed by atoms with van der Waals surface area (Å²) >= 11 is 0. The Bertz CT molecular complexity index is 1050. The highest BCUT2D eigenvalue weighted by Gasteiger charge is 2.30. The quantitative estimate of drug-likeness (QED) is 0.650. The monoisotopic (exact) mass is 379 g/mol. The van der Waals surface area contributed by atoms with Gasteiger partial charge in [0, 0.05) is 19.2 Å². The van der Waals surface area contributed by atoms with E-state index >= 15 is 0 Å². The van der Waals surface area contributed by atoms with Crippen LogP contribution in [0.25, 0.3) is 11.0 Å². The van der Waals surface area contributed by atoms with Crippen LogP contribution in [0.2, 0.25) is 0 Å². The molecule has 0 spiro atoms. The number of hydrogen-bond acceptors (Lipinski definition) is 3. The second-order valence-electron chi connectivity index (χ2n) is 6.07. The first kappa shape index (κ1) is 18.7. The van der Waals surface area contributed by atoms with E-state index in [4.69, 9.17) is 0 Å². The third-order valence-corrected chi connectivity index (χ3v) is 4.22. The zero-order valence-electron chi connectivity index (χ0n) is 14.2. The minimum Gasteiger partial charge on any atom is -0.387 e. The fourth-order valence-electron chi connectivity index (χ4n) is 2.71. The van der Waals surface area contributed by atoms with Gasteiger partial charge in [0.25, 0.3) is 5.91 Å². The van der Waals surface area contributed by atoms with Gasteiger partial charge in [-0.3, -0.25) is 9.36 Å². The van der Waals surface area contributed by atoms with Crippen molar-refractivity contribution in [2.24, 2.45) is 7.05 Å². The highest BCUT2D eigenvalue weighted by molar-refractivity contribution is 5.97. The maximum Gasteiger partial charge on any atom is 0.416 e. The molecule has 27 heavy (non-hydrogen) atoms. The molecule has 0 aliphatic heterocycles. The Morgan fingerprint density at radius 3 is 2.70 bits per heavy atom. The number of hydrogen-bond donors (Lipinski definition) is 3. The fraction of sp³-hybridized carbons (Fsp3) is 0.222. The topological polar surface area (TPSA) is 87.1 Å². The van der Waals surface area contributed by atoms with Crippen LogP contribution in [-0.4, -0.2) is 27.1 Å². The third-order valence-electron chi connectivity index (χ3n) is 4.22. The molecule has 0 fully saturated rings. The molecule has 2 aromatic carbocycles. The van der Waals surface area contributed by atoms with E-state index in [2.05, 4.69) is 10.3 Å². The summed E-state index contributed by atoms with van der Waals surface area (Å²) in [5.74, 6) is -0.521. The van der Waals surface area contributed by atoms with Crippen molar-refractivity contribution in [2.45, 2.75) is 12.3 Å². The Hall–Kier alpha value is -3.07. The normalized spacial score (nSPS) is 12.9. The van der Waals surface area contributed by atoms with Gasteiger partial charge in [0.05, 0.1) is 22.7 Å². The molecule has 0 aliphatic carbocycles. The molecule has 0 bridgehead atoms. The number of alkyl halides is 3. The highest BCUT2D eigenvalue weighted by atomic mass is 19.4. The number of amides is 1. The molecule has 0 saturated carbocycles. The molecule has 3 aromatic rings. The molecule has 3 N–H and O–H groups in total. The molecule has 1 amide bonds. The van der Waals surface area contributed by atoms with Gasteiger partial charge in [0.15, 0.2) is 0 Å². The van der Waals surface area contributed by atoms with Crippen LogP contribution in [-0.2, 0) is 13.2 Å². The van der Waals surface area contributed by atoms with Gasteiger partial charge < -0.3 is 15.4 Å². The van der Waals surface area contributed by atoms with Crippen LogP contribution >= 0.6 is 0 Å². The van der Waals surface area contributed by atoms with Crippen molar-refractivity contribution in [3.8, 4) is 0 Å². The summed E-state index contributed by atoms with van der Waals surface area (Å²) in [7, 11) is 1.59. The lowest BCUT2D eigenvalue weighted by Gasteiger charge is -2.14. The van der Waals surface area contributed by atoms with E-state index in [9.17, 15) is 27.9 Å². The molecule has 1 unspecified atom stereocenters. The van der Waals surface area contributed by atoms with E-state index in [1.54, 1.807) is 13.1 Å². The number of aliphatic hydroxyl groups is 1. The number of halogens is 3. The van der Waals surface area contributed by atoms with Gasteiger partial charge in [0.1, 0.15) is 0 Å². The molecule has 3 rings (SSSR count). The molecule has 6 nitrogen and oxygen atoms in total. The Kier molecular flexibility index (Phi) is 4.79. The summed E-state index contributed by atoms with van der Waals surface area (Å²) in [6.45, 7) is -0.260. The molecule has 0 aliphatic rings. The first-order chi connectivity index (χ1) is 12.7. The van der Waals surface area contributed by atoms with E-state index in [-0.39, 0.29) is 23.4 Å². The second-order valence-corrected chi connectivity index (χ2v) is 6.07. The predicted octanol–water partition coefficient (Wildman–Crippen LogP) is 2.35. The number of carbonyl (C=O) groups excluding carboxylic acids is 1. The van der Waals surface area contributed by atoms with Crippen LogP contribution in [0.1, 0.15) is 27.6 Å². The van der Waals surface area contributed by atoms with Crippen molar-refractivity contribution in [1.82, 2.24) is 14.9 Å². The lowest BCUT2D eigenvalue weighted by Crippen LogP contribution is -2.28. The van der Waals surface area contributed by atoms with Crippen molar-refractivity contribution in [3.63, 3.8) is 0 Å². The summed E-state index contributed by atoms with van der Waals surface area (Å²) in [5, 5.41) is 12.6. The van der Waals surface area contributed by atoms with E-state index in [0.29, 0.717) is 11.0 Å². The molecular weight excluding hydrogens is 363 g/mol. The molecule has 1 atom stereocenters. The van der Waals surface area contributed by atoms with Crippen molar-refractivity contribution >= 4 is 16.9 Å². The number of H-pyrrole nitrogens is 1. The number of nitrogens with zero attached hydrogens (tertiary/aromatic N) is 1. The Morgan fingerprint density at radius 1 is 1.26 bits per heavy atom. The maximum absolute atomic E-state index is 12.7. The summed E-state index contributed by atoms with van der Waals surface area (Å²) in [4.78, 5) is 26.4. The lowest BCUT2D eigenvalue weighted by molar-refractivity contribution is -0.137. The fourth-order valence-corrected chi connectivity index (χ4v) is 2.71. The van der Waals surface area contributed by atoms with E-state index < -0.39 is 23.8 Å². The number of imidazole rings is 1. The Morgan fingerprint density at radius 2 is 2.00 bits per heavy atom. The van der Waals surface area contributed by atoms with E-state index in [1.165, 1.54) is 28.8 Å². The molecule has 1 aromatic heterocycles. The van der Waals surface area contributed by atoms with Gasteiger partial charge in [-0.15, -0.1) is 0 Å². The predicted molar refractivity (Wildman–Crippen MR) is 92.3 cm³/mol. The maximum atomic E-state index is 12.7.